The first-order valence-electron chi connectivity index (χ1n) is 11.0. The third kappa shape index (κ3) is 3.74. The van der Waals surface area contributed by atoms with Crippen LogP contribution < -0.4 is 4.74 Å². The summed E-state index contributed by atoms with van der Waals surface area (Å²) < 4.78 is 8.19. The largest absolute Gasteiger partial charge is 0.494 e. The molecule has 0 unspecified atom stereocenters. The quantitative estimate of drug-likeness (QED) is 0.320. The van der Waals surface area contributed by atoms with E-state index in [1.807, 2.05) is 24.3 Å². The molecule has 0 fully saturated rings. The van der Waals surface area contributed by atoms with E-state index in [2.05, 4.69) is 67.8 Å². The van der Waals surface area contributed by atoms with E-state index in [9.17, 15) is 0 Å². The Morgan fingerprint density at radius 1 is 0.871 bits per heavy atom. The maximum atomic E-state index is 5.89. The van der Waals surface area contributed by atoms with Gasteiger partial charge in [-0.25, -0.2) is 9.97 Å². The van der Waals surface area contributed by atoms with E-state index in [1.165, 1.54) is 16.6 Å². The van der Waals surface area contributed by atoms with Crippen LogP contribution in [0.25, 0.3) is 33.1 Å². The van der Waals surface area contributed by atoms with Crippen LogP contribution in [-0.2, 0) is 6.54 Å². The smallest absolute Gasteiger partial charge is 0.160 e. The molecule has 0 aliphatic heterocycles. The molecule has 2 heterocycles. The van der Waals surface area contributed by atoms with E-state index in [-0.39, 0.29) is 0 Å². The first-order chi connectivity index (χ1) is 15.1. The fourth-order valence-electron chi connectivity index (χ4n) is 4.11. The van der Waals surface area contributed by atoms with Gasteiger partial charge in [0, 0.05) is 11.9 Å². The molecule has 0 aliphatic carbocycles. The van der Waals surface area contributed by atoms with Crippen LogP contribution in [0.5, 0.6) is 5.75 Å². The van der Waals surface area contributed by atoms with Crippen LogP contribution in [0.1, 0.15) is 31.4 Å². The predicted molar refractivity (Wildman–Crippen MR) is 128 cm³/mol. The van der Waals surface area contributed by atoms with Crippen LogP contribution in [0, 0.1) is 12.8 Å². The Kier molecular flexibility index (Phi) is 5.06. The average Bonchev–Trinajstić information content (AvgIpc) is 3.07. The topological polar surface area (TPSA) is 39.9 Å². The van der Waals surface area contributed by atoms with E-state index in [0.29, 0.717) is 5.92 Å². The van der Waals surface area contributed by atoms with Crippen molar-refractivity contribution in [3.8, 4) is 5.75 Å². The Hall–Kier alpha value is -3.40. The Morgan fingerprint density at radius 3 is 2.35 bits per heavy atom. The molecule has 2 aromatic heterocycles. The van der Waals surface area contributed by atoms with E-state index in [4.69, 9.17) is 14.7 Å². The molecule has 4 heteroatoms. The number of aromatic nitrogens is 3. The lowest BCUT2D eigenvalue weighted by Crippen LogP contribution is -2.03. The van der Waals surface area contributed by atoms with E-state index in [0.717, 1.165) is 52.9 Å². The summed E-state index contributed by atoms with van der Waals surface area (Å²) in [7, 11) is 0. The summed E-state index contributed by atoms with van der Waals surface area (Å²) >= 11 is 0. The van der Waals surface area contributed by atoms with Crippen molar-refractivity contribution in [3.05, 3.63) is 77.9 Å². The molecule has 156 valence electrons. The van der Waals surface area contributed by atoms with Gasteiger partial charge >= 0.3 is 0 Å². The molecule has 0 N–H and O–H groups in total. The van der Waals surface area contributed by atoms with Gasteiger partial charge in [0.1, 0.15) is 11.3 Å². The molecule has 0 saturated heterocycles. The summed E-state index contributed by atoms with van der Waals surface area (Å²) in [6, 6.07) is 22.9. The highest BCUT2D eigenvalue weighted by atomic mass is 16.5. The molecule has 0 spiro atoms. The van der Waals surface area contributed by atoms with Crippen molar-refractivity contribution in [1.29, 1.82) is 0 Å². The minimum Gasteiger partial charge on any atom is -0.494 e. The van der Waals surface area contributed by atoms with Crippen LogP contribution in [0.4, 0.5) is 0 Å². The fourth-order valence-corrected chi connectivity index (χ4v) is 4.11. The van der Waals surface area contributed by atoms with E-state index in [1.54, 1.807) is 0 Å². The normalized spacial score (nSPS) is 11.7. The number of rotatable bonds is 6. The third-order valence-corrected chi connectivity index (χ3v) is 5.80. The second-order valence-electron chi connectivity index (χ2n) is 8.62. The van der Waals surface area contributed by atoms with Crippen LogP contribution in [-0.4, -0.2) is 21.1 Å². The maximum Gasteiger partial charge on any atom is 0.160 e. The number of hydrogen-bond donors (Lipinski definition) is 0. The van der Waals surface area contributed by atoms with Crippen molar-refractivity contribution < 1.29 is 4.74 Å². The molecule has 3 aromatic carbocycles. The number of para-hydroxylation sites is 3. The summed E-state index contributed by atoms with van der Waals surface area (Å²) in [5, 5.41) is 1.15. The molecule has 0 bridgehead atoms. The average molecular weight is 410 g/mol. The molecule has 5 aromatic rings. The van der Waals surface area contributed by atoms with Gasteiger partial charge in [-0.2, -0.15) is 0 Å². The standard InChI is InChI=1S/C27H27N3O/c1-18(2)15-16-31-21-13-11-20(12-14-21)17-30-26-19(3)7-6-8-22(26)25-27(30)29-24-10-5-4-9-23(24)28-25/h4-14,18H,15-17H2,1-3H3. The highest BCUT2D eigenvalue weighted by molar-refractivity contribution is 6.07. The molecular weight excluding hydrogens is 382 g/mol. The zero-order chi connectivity index (χ0) is 21.4. The highest BCUT2D eigenvalue weighted by Gasteiger charge is 2.16. The summed E-state index contributed by atoms with van der Waals surface area (Å²) in [4.78, 5) is 9.97. The molecule has 0 saturated carbocycles. The van der Waals surface area contributed by atoms with E-state index < -0.39 is 0 Å². The Balaban J connectivity index is 1.56. The highest BCUT2D eigenvalue weighted by Crippen LogP contribution is 2.31. The van der Waals surface area contributed by atoms with Crippen molar-refractivity contribution in [1.82, 2.24) is 14.5 Å². The lowest BCUT2D eigenvalue weighted by molar-refractivity contribution is 0.289. The van der Waals surface area contributed by atoms with Gasteiger partial charge in [0.05, 0.1) is 23.2 Å². The van der Waals surface area contributed by atoms with Crippen molar-refractivity contribution in [2.24, 2.45) is 5.92 Å². The number of hydrogen-bond acceptors (Lipinski definition) is 3. The van der Waals surface area contributed by atoms with Crippen molar-refractivity contribution >= 4 is 33.1 Å². The van der Waals surface area contributed by atoms with Gasteiger partial charge < -0.3 is 9.30 Å². The number of nitrogens with zero attached hydrogens (tertiary/aromatic N) is 3. The summed E-state index contributed by atoms with van der Waals surface area (Å²) in [6.45, 7) is 8.08. The summed E-state index contributed by atoms with van der Waals surface area (Å²) in [5.74, 6) is 1.57. The van der Waals surface area contributed by atoms with Gasteiger partial charge in [-0.05, 0) is 54.7 Å². The van der Waals surface area contributed by atoms with Crippen LogP contribution in [0.2, 0.25) is 0 Å². The van der Waals surface area contributed by atoms with E-state index >= 15 is 0 Å². The molecule has 4 nitrogen and oxygen atoms in total. The lowest BCUT2D eigenvalue weighted by atomic mass is 10.1. The minimum atomic E-state index is 0.648. The molecule has 5 rings (SSSR count). The van der Waals surface area contributed by atoms with Crippen molar-refractivity contribution in [2.45, 2.75) is 33.7 Å². The van der Waals surface area contributed by atoms with Crippen LogP contribution in [0.15, 0.2) is 66.7 Å². The predicted octanol–water partition coefficient (Wildman–Crippen LogP) is 6.52. The lowest BCUT2D eigenvalue weighted by Gasteiger charge is -2.11. The van der Waals surface area contributed by atoms with Gasteiger partial charge in [-0.15, -0.1) is 0 Å². The molecular formula is C27H27N3O. The summed E-state index contributed by atoms with van der Waals surface area (Å²) in [5.41, 5.74) is 7.39. The molecule has 31 heavy (non-hydrogen) atoms. The second kappa shape index (κ2) is 8.03. The van der Waals surface area contributed by atoms with Crippen molar-refractivity contribution in [2.75, 3.05) is 6.61 Å². The van der Waals surface area contributed by atoms with Gasteiger partial charge in [0.15, 0.2) is 5.65 Å². The second-order valence-corrected chi connectivity index (χ2v) is 8.62. The zero-order valence-electron chi connectivity index (χ0n) is 18.3. The fraction of sp³-hybridized carbons (Fsp3) is 0.259. The van der Waals surface area contributed by atoms with Crippen LogP contribution >= 0.6 is 0 Å². The number of fused-ring (bicyclic) bond motifs is 4. The first kappa shape index (κ1) is 19.6. The number of ether oxygens (including phenoxy) is 1. The summed E-state index contributed by atoms with van der Waals surface area (Å²) in [6.07, 6.45) is 1.06. The monoisotopic (exact) mass is 409 g/mol. The Morgan fingerprint density at radius 2 is 1.61 bits per heavy atom. The van der Waals surface area contributed by atoms with Gasteiger partial charge in [0.2, 0.25) is 0 Å². The molecule has 0 radical (unpaired) electrons. The van der Waals surface area contributed by atoms with Gasteiger partial charge in [-0.1, -0.05) is 56.3 Å². The maximum absolute atomic E-state index is 5.89. The Labute approximate surface area is 182 Å². The van der Waals surface area contributed by atoms with Crippen LogP contribution in [0.3, 0.4) is 0 Å². The minimum absolute atomic E-state index is 0.648. The molecule has 0 aliphatic rings. The third-order valence-electron chi connectivity index (χ3n) is 5.80. The zero-order valence-corrected chi connectivity index (χ0v) is 18.3. The Bertz CT molecular complexity index is 1370. The number of aryl methyl sites for hydroxylation is 1. The molecule has 0 amide bonds. The van der Waals surface area contributed by atoms with Gasteiger partial charge in [-0.3, -0.25) is 0 Å². The van der Waals surface area contributed by atoms with Crippen molar-refractivity contribution in [3.63, 3.8) is 0 Å². The molecule has 0 atom stereocenters. The SMILES string of the molecule is Cc1cccc2c3nc4ccccc4nc3n(Cc3ccc(OCCC(C)C)cc3)c12. The number of benzene rings is 3. The van der Waals surface area contributed by atoms with Gasteiger partial charge in [0.25, 0.3) is 0 Å². The first-order valence-corrected chi connectivity index (χ1v) is 11.0.